The molecule has 0 saturated carbocycles. The van der Waals surface area contributed by atoms with Gasteiger partial charge in [0.15, 0.2) is 5.78 Å². The minimum absolute atomic E-state index is 0.117. The monoisotopic (exact) mass is 274 g/mol. The molecule has 0 fully saturated rings. The van der Waals surface area contributed by atoms with Gasteiger partial charge in [0.05, 0.1) is 16.3 Å². The number of ketones is 1. The number of Topliss-reactive ketones (excluding diaryl/α,β-unsaturated/α-hetero) is 1. The molecule has 0 aliphatic carbocycles. The van der Waals surface area contributed by atoms with Crippen molar-refractivity contribution >= 4 is 29.0 Å². The Morgan fingerprint density at radius 2 is 1.89 bits per heavy atom. The Morgan fingerprint density at radius 1 is 1.16 bits per heavy atom. The van der Waals surface area contributed by atoms with Crippen molar-refractivity contribution in [3.05, 3.63) is 58.9 Å². The summed E-state index contributed by atoms with van der Waals surface area (Å²) in [6.45, 7) is 1.45. The van der Waals surface area contributed by atoms with Gasteiger partial charge >= 0.3 is 0 Å². The van der Waals surface area contributed by atoms with Gasteiger partial charge in [-0.1, -0.05) is 23.7 Å². The lowest BCUT2D eigenvalue weighted by atomic mass is 10.1. The molecular weight excluding hydrogens is 264 g/mol. The van der Waals surface area contributed by atoms with E-state index in [1.165, 1.54) is 25.4 Å². The van der Waals surface area contributed by atoms with Crippen LogP contribution in [0, 0.1) is 0 Å². The summed E-state index contributed by atoms with van der Waals surface area (Å²) in [5, 5.41) is 2.98. The molecule has 0 radical (unpaired) electrons. The molecule has 0 atom stereocenters. The van der Waals surface area contributed by atoms with Gasteiger partial charge in [-0.05, 0) is 25.1 Å². The molecular formula is C14H11ClN2O2. The molecule has 1 heterocycles. The number of rotatable bonds is 3. The maximum Gasteiger partial charge on any atom is 0.258 e. The van der Waals surface area contributed by atoms with Crippen LogP contribution < -0.4 is 5.32 Å². The van der Waals surface area contributed by atoms with E-state index in [0.717, 1.165) is 0 Å². The third kappa shape index (κ3) is 2.98. The maximum atomic E-state index is 12.1. The first kappa shape index (κ1) is 13.2. The van der Waals surface area contributed by atoms with E-state index in [1.54, 1.807) is 24.3 Å². The highest BCUT2D eigenvalue weighted by atomic mass is 35.5. The van der Waals surface area contributed by atoms with Crippen molar-refractivity contribution in [1.82, 2.24) is 4.98 Å². The highest BCUT2D eigenvalue weighted by Gasteiger charge is 2.13. The van der Waals surface area contributed by atoms with Gasteiger partial charge in [0.1, 0.15) is 0 Å². The lowest BCUT2D eigenvalue weighted by Gasteiger charge is -2.09. The molecule has 1 aromatic heterocycles. The third-order valence-corrected chi connectivity index (χ3v) is 2.90. The second-order valence-electron chi connectivity index (χ2n) is 3.91. The van der Waals surface area contributed by atoms with Gasteiger partial charge in [-0.3, -0.25) is 14.6 Å². The van der Waals surface area contributed by atoms with Crippen LogP contribution >= 0.6 is 11.6 Å². The largest absolute Gasteiger partial charge is 0.321 e. The molecule has 4 nitrogen and oxygen atoms in total. The van der Waals surface area contributed by atoms with Crippen LogP contribution in [0.2, 0.25) is 5.02 Å². The van der Waals surface area contributed by atoms with Crippen LogP contribution in [0.15, 0.2) is 42.7 Å². The number of anilines is 1. The summed E-state index contributed by atoms with van der Waals surface area (Å²) in [7, 11) is 0. The summed E-state index contributed by atoms with van der Waals surface area (Å²) >= 11 is 5.92. The van der Waals surface area contributed by atoms with Crippen LogP contribution in [0.25, 0.3) is 0 Å². The van der Waals surface area contributed by atoms with Crippen molar-refractivity contribution in [3.8, 4) is 0 Å². The normalized spacial score (nSPS) is 10.0. The van der Waals surface area contributed by atoms with E-state index < -0.39 is 5.91 Å². The molecule has 2 aromatic rings. The number of benzene rings is 1. The highest BCUT2D eigenvalue weighted by molar-refractivity contribution is 6.34. The summed E-state index contributed by atoms with van der Waals surface area (Å²) < 4.78 is 0. The smallest absolute Gasteiger partial charge is 0.258 e. The first-order valence-electron chi connectivity index (χ1n) is 5.60. The van der Waals surface area contributed by atoms with Gasteiger partial charge in [0, 0.05) is 18.0 Å². The van der Waals surface area contributed by atoms with Crippen LogP contribution in [-0.2, 0) is 0 Å². The molecule has 2 rings (SSSR count). The number of carbonyl (C=O) groups is 2. The Kier molecular flexibility index (Phi) is 3.92. The fourth-order valence-electron chi connectivity index (χ4n) is 1.63. The second-order valence-corrected chi connectivity index (χ2v) is 4.32. The lowest BCUT2D eigenvalue weighted by Crippen LogP contribution is -2.15. The quantitative estimate of drug-likeness (QED) is 0.875. The zero-order chi connectivity index (χ0) is 13.8. The predicted molar refractivity (Wildman–Crippen MR) is 73.6 cm³/mol. The first-order chi connectivity index (χ1) is 9.09. The van der Waals surface area contributed by atoms with Gasteiger partial charge in [0.2, 0.25) is 0 Å². The minimum atomic E-state index is -0.396. The van der Waals surface area contributed by atoms with Crippen molar-refractivity contribution in [2.75, 3.05) is 5.32 Å². The number of nitrogens with zero attached hydrogens (tertiary/aromatic N) is 1. The minimum Gasteiger partial charge on any atom is -0.321 e. The molecule has 5 heteroatoms. The maximum absolute atomic E-state index is 12.1. The van der Waals surface area contributed by atoms with E-state index in [-0.39, 0.29) is 11.3 Å². The van der Waals surface area contributed by atoms with E-state index in [2.05, 4.69) is 10.3 Å². The number of carbonyl (C=O) groups excluding carboxylic acids is 2. The topological polar surface area (TPSA) is 59.1 Å². The summed E-state index contributed by atoms with van der Waals surface area (Å²) in [6, 6.07) is 8.34. The highest BCUT2D eigenvalue weighted by Crippen LogP contribution is 2.19. The Balaban J connectivity index is 2.30. The van der Waals surface area contributed by atoms with E-state index >= 15 is 0 Å². The molecule has 0 unspecified atom stereocenters. The van der Waals surface area contributed by atoms with E-state index in [9.17, 15) is 9.59 Å². The van der Waals surface area contributed by atoms with Crippen LogP contribution in [0.3, 0.4) is 0 Å². The van der Waals surface area contributed by atoms with Crippen molar-refractivity contribution in [3.63, 3.8) is 0 Å². The van der Waals surface area contributed by atoms with E-state index in [1.807, 2.05) is 0 Å². The molecule has 19 heavy (non-hydrogen) atoms. The van der Waals surface area contributed by atoms with Gasteiger partial charge in [-0.15, -0.1) is 0 Å². The molecule has 0 aliphatic heterocycles. The van der Waals surface area contributed by atoms with Crippen molar-refractivity contribution < 1.29 is 9.59 Å². The zero-order valence-electron chi connectivity index (χ0n) is 10.2. The summed E-state index contributed by atoms with van der Waals surface area (Å²) in [5.41, 5.74) is 1.18. The van der Waals surface area contributed by atoms with Crippen molar-refractivity contribution in [1.29, 1.82) is 0 Å². The number of hydrogen-bond donors (Lipinski definition) is 1. The molecule has 0 spiro atoms. The number of hydrogen-bond acceptors (Lipinski definition) is 3. The van der Waals surface area contributed by atoms with Crippen LogP contribution in [0.4, 0.5) is 5.69 Å². The SMILES string of the molecule is CC(=O)c1ccccc1NC(=O)c1cnccc1Cl. The Morgan fingerprint density at radius 3 is 2.58 bits per heavy atom. The molecule has 0 bridgehead atoms. The summed E-state index contributed by atoms with van der Waals surface area (Å²) in [5.74, 6) is -0.514. The Labute approximate surface area is 115 Å². The lowest BCUT2D eigenvalue weighted by molar-refractivity contribution is 0.101. The van der Waals surface area contributed by atoms with Gasteiger partial charge in [0.25, 0.3) is 5.91 Å². The number of para-hydroxylation sites is 1. The summed E-state index contributed by atoms with van der Waals surface area (Å²) in [6.07, 6.45) is 2.89. The zero-order valence-corrected chi connectivity index (χ0v) is 10.9. The number of halogens is 1. The van der Waals surface area contributed by atoms with Gasteiger partial charge in [-0.2, -0.15) is 0 Å². The van der Waals surface area contributed by atoms with E-state index in [4.69, 9.17) is 11.6 Å². The third-order valence-electron chi connectivity index (χ3n) is 2.57. The average Bonchev–Trinajstić information content (AvgIpc) is 2.39. The molecule has 0 aliphatic rings. The van der Waals surface area contributed by atoms with E-state index in [0.29, 0.717) is 16.3 Å². The van der Waals surface area contributed by atoms with Gasteiger partial charge < -0.3 is 5.32 Å². The first-order valence-corrected chi connectivity index (χ1v) is 5.98. The molecule has 1 N–H and O–H groups in total. The Bertz CT molecular complexity index is 641. The standard InChI is InChI=1S/C14H11ClN2O2/c1-9(18)10-4-2-3-5-13(10)17-14(19)11-8-16-7-6-12(11)15/h2-8H,1H3,(H,17,19). The predicted octanol–water partition coefficient (Wildman–Crippen LogP) is 3.19. The molecule has 0 saturated heterocycles. The molecule has 96 valence electrons. The number of pyridine rings is 1. The van der Waals surface area contributed by atoms with Crippen molar-refractivity contribution in [2.45, 2.75) is 6.92 Å². The van der Waals surface area contributed by atoms with Crippen molar-refractivity contribution in [2.24, 2.45) is 0 Å². The fraction of sp³-hybridized carbons (Fsp3) is 0.0714. The number of amides is 1. The number of aromatic nitrogens is 1. The van der Waals surface area contributed by atoms with Crippen LogP contribution in [0.5, 0.6) is 0 Å². The molecule has 1 aromatic carbocycles. The summed E-state index contributed by atoms with van der Waals surface area (Å²) in [4.78, 5) is 27.4. The number of nitrogens with one attached hydrogen (secondary N) is 1. The Hall–Kier alpha value is -2.20. The molecule has 1 amide bonds. The fourth-order valence-corrected chi connectivity index (χ4v) is 1.82. The van der Waals surface area contributed by atoms with Crippen LogP contribution in [-0.4, -0.2) is 16.7 Å². The second kappa shape index (κ2) is 5.63. The average molecular weight is 275 g/mol. The van der Waals surface area contributed by atoms with Crippen LogP contribution in [0.1, 0.15) is 27.6 Å². The van der Waals surface area contributed by atoms with Gasteiger partial charge in [-0.25, -0.2) is 0 Å².